The molecule has 0 aliphatic heterocycles. The predicted molar refractivity (Wildman–Crippen MR) is 135 cm³/mol. The second-order valence-electron chi connectivity index (χ2n) is 8.85. The fourth-order valence-corrected chi connectivity index (χ4v) is 4.47. The molecule has 192 valence electrons. The van der Waals surface area contributed by atoms with Gasteiger partial charge in [-0.1, -0.05) is 54.6 Å². The Kier molecular flexibility index (Phi) is 9.33. The van der Waals surface area contributed by atoms with Crippen molar-refractivity contribution in [1.82, 2.24) is 0 Å². The summed E-state index contributed by atoms with van der Waals surface area (Å²) < 4.78 is 29.2. The zero-order chi connectivity index (χ0) is 25.3. The van der Waals surface area contributed by atoms with Crippen molar-refractivity contribution >= 4 is 0 Å². The van der Waals surface area contributed by atoms with Gasteiger partial charge < -0.3 is 33.9 Å². The SMILES string of the molecule is COc1ccc(CO[C@H]2[C@H](OCc3ccc(OC)cc3)[C@@H](CO)[C@@H](O)[C@@H]2OCc2ccccc2)cc1. The van der Waals surface area contributed by atoms with Gasteiger partial charge in [0.2, 0.25) is 0 Å². The Hall–Kier alpha value is -2.94. The van der Waals surface area contributed by atoms with E-state index < -0.39 is 30.3 Å². The molecule has 3 aromatic carbocycles. The van der Waals surface area contributed by atoms with Gasteiger partial charge in [0, 0.05) is 5.92 Å². The van der Waals surface area contributed by atoms with Crippen molar-refractivity contribution in [3.63, 3.8) is 0 Å². The third-order valence-electron chi connectivity index (χ3n) is 6.54. The van der Waals surface area contributed by atoms with Crippen LogP contribution in [0.25, 0.3) is 0 Å². The second kappa shape index (κ2) is 12.9. The van der Waals surface area contributed by atoms with Crippen molar-refractivity contribution in [2.24, 2.45) is 5.92 Å². The molecule has 2 N–H and O–H groups in total. The monoisotopic (exact) mass is 494 g/mol. The van der Waals surface area contributed by atoms with E-state index in [1.165, 1.54) is 0 Å². The summed E-state index contributed by atoms with van der Waals surface area (Å²) in [4.78, 5) is 0. The van der Waals surface area contributed by atoms with Crippen LogP contribution in [0.5, 0.6) is 11.5 Å². The standard InChI is InChI=1S/C29H34O7/c1-32-23-12-8-21(9-13-23)18-34-27-25(16-30)26(31)28(35-17-20-6-4-3-5-7-20)29(27)36-19-22-10-14-24(33-2)15-11-22/h3-15,25-31H,16-19H2,1-2H3/t25-,26+,27+,28-,29-/m0/s1. The van der Waals surface area contributed by atoms with Gasteiger partial charge in [-0.25, -0.2) is 0 Å². The summed E-state index contributed by atoms with van der Waals surface area (Å²) in [6.07, 6.45) is -2.76. The van der Waals surface area contributed by atoms with Crippen molar-refractivity contribution in [1.29, 1.82) is 0 Å². The van der Waals surface area contributed by atoms with Crippen LogP contribution in [0.15, 0.2) is 78.9 Å². The van der Waals surface area contributed by atoms with E-state index in [1.54, 1.807) is 14.2 Å². The summed E-state index contributed by atoms with van der Waals surface area (Å²) in [5.41, 5.74) is 2.89. The molecule has 0 unspecified atom stereocenters. The Labute approximate surface area is 212 Å². The average Bonchev–Trinajstić information content (AvgIpc) is 3.19. The van der Waals surface area contributed by atoms with Gasteiger partial charge >= 0.3 is 0 Å². The molecule has 7 heteroatoms. The molecular weight excluding hydrogens is 460 g/mol. The molecule has 0 saturated heterocycles. The first kappa shape index (κ1) is 26.1. The molecule has 1 aliphatic rings. The molecule has 7 nitrogen and oxygen atoms in total. The molecule has 0 bridgehead atoms. The third-order valence-corrected chi connectivity index (χ3v) is 6.54. The van der Waals surface area contributed by atoms with Crippen molar-refractivity contribution < 1.29 is 33.9 Å². The maximum atomic E-state index is 11.1. The summed E-state index contributed by atoms with van der Waals surface area (Å²) in [5, 5.41) is 21.3. The summed E-state index contributed by atoms with van der Waals surface area (Å²) in [6, 6.07) is 25.0. The Balaban J connectivity index is 1.50. The fraction of sp³-hybridized carbons (Fsp3) is 0.379. The maximum Gasteiger partial charge on any atom is 0.118 e. The highest BCUT2D eigenvalue weighted by molar-refractivity contribution is 5.27. The molecule has 0 heterocycles. The minimum Gasteiger partial charge on any atom is -0.497 e. The first-order valence-corrected chi connectivity index (χ1v) is 12.1. The fourth-order valence-electron chi connectivity index (χ4n) is 4.47. The molecule has 1 aliphatic carbocycles. The first-order chi connectivity index (χ1) is 17.6. The van der Waals surface area contributed by atoms with Crippen molar-refractivity contribution in [3.8, 4) is 11.5 Å². The van der Waals surface area contributed by atoms with Gasteiger partial charge in [-0.15, -0.1) is 0 Å². The Morgan fingerprint density at radius 1 is 0.583 bits per heavy atom. The molecule has 36 heavy (non-hydrogen) atoms. The summed E-state index contributed by atoms with van der Waals surface area (Å²) in [7, 11) is 3.25. The molecule has 1 fully saturated rings. The van der Waals surface area contributed by atoms with E-state index in [4.69, 9.17) is 23.7 Å². The quantitative estimate of drug-likeness (QED) is 0.397. The number of aliphatic hydroxyl groups excluding tert-OH is 2. The Morgan fingerprint density at radius 2 is 1.03 bits per heavy atom. The smallest absolute Gasteiger partial charge is 0.118 e. The van der Waals surface area contributed by atoms with E-state index in [1.807, 2.05) is 78.9 Å². The number of benzene rings is 3. The molecule has 1 saturated carbocycles. The van der Waals surface area contributed by atoms with Crippen LogP contribution in [-0.4, -0.2) is 55.5 Å². The van der Waals surface area contributed by atoms with Crippen LogP contribution in [0.2, 0.25) is 0 Å². The highest BCUT2D eigenvalue weighted by Crippen LogP contribution is 2.35. The van der Waals surface area contributed by atoms with E-state index in [9.17, 15) is 10.2 Å². The Bertz CT molecular complexity index is 1040. The van der Waals surface area contributed by atoms with Crippen molar-refractivity contribution in [2.75, 3.05) is 20.8 Å². The minimum atomic E-state index is -0.944. The lowest BCUT2D eigenvalue weighted by Crippen LogP contribution is -2.38. The molecule has 0 spiro atoms. The topological polar surface area (TPSA) is 86.6 Å². The van der Waals surface area contributed by atoms with E-state index in [2.05, 4.69) is 0 Å². The van der Waals surface area contributed by atoms with E-state index in [-0.39, 0.29) is 6.61 Å². The van der Waals surface area contributed by atoms with Crippen LogP contribution in [0.4, 0.5) is 0 Å². The number of ether oxygens (including phenoxy) is 5. The number of methoxy groups -OCH3 is 2. The molecule has 4 rings (SSSR count). The van der Waals surface area contributed by atoms with Gasteiger partial charge in [-0.3, -0.25) is 0 Å². The number of hydrogen-bond donors (Lipinski definition) is 2. The molecular formula is C29H34O7. The van der Waals surface area contributed by atoms with Crippen LogP contribution >= 0.6 is 0 Å². The van der Waals surface area contributed by atoms with E-state index in [0.29, 0.717) is 19.8 Å². The molecule has 5 atom stereocenters. The van der Waals surface area contributed by atoms with Gasteiger partial charge in [-0.05, 0) is 41.0 Å². The lowest BCUT2D eigenvalue weighted by molar-refractivity contribution is -0.134. The van der Waals surface area contributed by atoms with E-state index >= 15 is 0 Å². The number of hydrogen-bond acceptors (Lipinski definition) is 7. The van der Waals surface area contributed by atoms with Gasteiger partial charge in [-0.2, -0.15) is 0 Å². The zero-order valence-corrected chi connectivity index (χ0v) is 20.7. The lowest BCUT2D eigenvalue weighted by Gasteiger charge is -2.27. The third kappa shape index (κ3) is 6.43. The first-order valence-electron chi connectivity index (χ1n) is 12.1. The minimum absolute atomic E-state index is 0.248. The van der Waals surface area contributed by atoms with E-state index in [0.717, 1.165) is 28.2 Å². The van der Waals surface area contributed by atoms with Crippen LogP contribution in [0, 0.1) is 5.92 Å². The molecule has 0 amide bonds. The predicted octanol–water partition coefficient (Wildman–Crippen LogP) is 3.74. The average molecular weight is 495 g/mol. The summed E-state index contributed by atoms with van der Waals surface area (Å²) >= 11 is 0. The van der Waals surface area contributed by atoms with Gasteiger partial charge in [0.15, 0.2) is 0 Å². The second-order valence-corrected chi connectivity index (χ2v) is 8.85. The normalized spacial score (nSPS) is 23.5. The van der Waals surface area contributed by atoms with Gasteiger partial charge in [0.05, 0.1) is 52.9 Å². The van der Waals surface area contributed by atoms with Crippen LogP contribution < -0.4 is 9.47 Å². The highest BCUT2D eigenvalue weighted by Gasteiger charge is 2.52. The largest absolute Gasteiger partial charge is 0.497 e. The van der Waals surface area contributed by atoms with Crippen LogP contribution in [-0.2, 0) is 34.0 Å². The maximum absolute atomic E-state index is 11.1. The highest BCUT2D eigenvalue weighted by atomic mass is 16.6. The van der Waals surface area contributed by atoms with Gasteiger partial charge in [0.1, 0.15) is 23.7 Å². The molecule has 0 radical (unpaired) electrons. The van der Waals surface area contributed by atoms with Crippen LogP contribution in [0.3, 0.4) is 0 Å². The van der Waals surface area contributed by atoms with Crippen molar-refractivity contribution in [2.45, 2.75) is 44.2 Å². The summed E-state index contributed by atoms with van der Waals surface area (Å²) in [5.74, 6) is 0.975. The van der Waals surface area contributed by atoms with Crippen molar-refractivity contribution in [3.05, 3.63) is 95.6 Å². The molecule has 0 aromatic heterocycles. The molecule has 3 aromatic rings. The summed E-state index contributed by atoms with van der Waals surface area (Å²) in [6.45, 7) is 0.662. The number of aliphatic hydroxyl groups is 2. The number of rotatable bonds is 12. The Morgan fingerprint density at radius 3 is 1.50 bits per heavy atom. The lowest BCUT2D eigenvalue weighted by atomic mass is 10.0. The zero-order valence-electron chi connectivity index (χ0n) is 20.7. The van der Waals surface area contributed by atoms with Gasteiger partial charge in [0.25, 0.3) is 0 Å². The van der Waals surface area contributed by atoms with Crippen LogP contribution in [0.1, 0.15) is 16.7 Å².